The third kappa shape index (κ3) is 11.7. The van der Waals surface area contributed by atoms with Crippen molar-refractivity contribution in [1.29, 1.82) is 15.8 Å². The molecule has 4 aromatic carbocycles. The van der Waals surface area contributed by atoms with Crippen LogP contribution < -0.4 is 25.7 Å². The van der Waals surface area contributed by atoms with Gasteiger partial charge < -0.3 is 41.0 Å². The van der Waals surface area contributed by atoms with E-state index in [1.165, 1.54) is 30.0 Å². The first-order valence-electron chi connectivity index (χ1n) is 14.8. The number of aldehydes is 1. The van der Waals surface area contributed by atoms with Gasteiger partial charge in [0.2, 0.25) is 5.88 Å². The summed E-state index contributed by atoms with van der Waals surface area (Å²) in [7, 11) is 3.26. The number of thiol groups is 1. The Hall–Kier alpha value is -6.73. The maximum absolute atomic E-state index is 10.1. The fourth-order valence-electron chi connectivity index (χ4n) is 4.31. The molecule has 13 nitrogen and oxygen atoms in total. The molecule has 1 aliphatic rings. The van der Waals surface area contributed by atoms with Crippen molar-refractivity contribution in [1.82, 2.24) is 4.98 Å². The first kappa shape index (κ1) is 42.4. The number of carbonyl (C=O) groups is 1. The maximum atomic E-state index is 10.1. The van der Waals surface area contributed by atoms with Crippen LogP contribution in [0, 0.1) is 34.0 Å². The van der Waals surface area contributed by atoms with Crippen LogP contribution in [0.25, 0.3) is 0 Å². The van der Waals surface area contributed by atoms with Crippen molar-refractivity contribution in [3.63, 3.8) is 0 Å². The zero-order valence-corrected chi connectivity index (χ0v) is 29.4. The summed E-state index contributed by atoms with van der Waals surface area (Å²) in [5.74, 6) is 2.15. The number of nitrogens with zero attached hydrogens (tertiary/aromatic N) is 4. The average Bonchev–Trinajstić information content (AvgIpc) is 3.13. The van der Waals surface area contributed by atoms with Crippen LogP contribution in [0.1, 0.15) is 46.1 Å². The number of nitrogen functional groups attached to an aromatic ring is 2. The number of rotatable bonds is 5. The average molecular weight is 753 g/mol. The number of nitrogens with two attached hydrogens (primary N) is 2. The summed E-state index contributed by atoms with van der Waals surface area (Å²) in [6, 6.07) is 29.1. The van der Waals surface area contributed by atoms with Crippen LogP contribution in [0.2, 0.25) is 0 Å². The van der Waals surface area contributed by atoms with Gasteiger partial charge in [-0.25, -0.2) is 0 Å². The summed E-state index contributed by atoms with van der Waals surface area (Å²) in [5.41, 5.74) is 14.1. The van der Waals surface area contributed by atoms with Gasteiger partial charge in [-0.3, -0.25) is 4.79 Å². The van der Waals surface area contributed by atoms with E-state index in [-0.39, 0.29) is 64.9 Å². The van der Waals surface area contributed by atoms with E-state index in [9.17, 15) is 15.2 Å². The number of fused-ring (bicyclic) bond motifs is 2. The van der Waals surface area contributed by atoms with E-state index in [1.807, 2.05) is 54.6 Å². The Morgan fingerprint density at radius 1 is 0.887 bits per heavy atom. The Morgan fingerprint density at radius 2 is 1.45 bits per heavy atom. The molecule has 0 amide bonds. The van der Waals surface area contributed by atoms with Crippen LogP contribution in [0.15, 0.2) is 94.7 Å². The van der Waals surface area contributed by atoms with Gasteiger partial charge in [0.15, 0.2) is 6.29 Å². The molecule has 0 spiro atoms. The van der Waals surface area contributed by atoms with Gasteiger partial charge in [0.25, 0.3) is 0 Å². The topological polar surface area (TPSA) is 242 Å². The molecule has 0 aliphatic carbocycles. The van der Waals surface area contributed by atoms with Gasteiger partial charge in [-0.05, 0) is 66.7 Å². The summed E-state index contributed by atoms with van der Waals surface area (Å²) < 4.78 is 16.0. The van der Waals surface area contributed by atoms with Crippen molar-refractivity contribution >= 4 is 42.2 Å². The van der Waals surface area contributed by atoms with Crippen molar-refractivity contribution in [2.45, 2.75) is 28.9 Å². The van der Waals surface area contributed by atoms with Crippen LogP contribution in [-0.2, 0) is 0 Å². The van der Waals surface area contributed by atoms with Crippen molar-refractivity contribution < 1.29 is 34.3 Å². The number of pyridine rings is 1. The molecule has 15 heteroatoms. The van der Waals surface area contributed by atoms with Crippen LogP contribution in [0.4, 0.5) is 11.5 Å². The SMILES string of the molecule is C.COc1ccc(S)cc1.COc1ccc(SC2c3ccc(O)cc3Oc3nc(N)c(C#N)c(N)c32)cc1.N#CCC#N.O=Cc1ccc(O)cc1O. The molecule has 1 atom stereocenters. The summed E-state index contributed by atoms with van der Waals surface area (Å²) in [4.78, 5) is 16.2. The van der Waals surface area contributed by atoms with Crippen LogP contribution in [0.5, 0.6) is 40.4 Å². The lowest BCUT2D eigenvalue weighted by atomic mass is 9.98. The van der Waals surface area contributed by atoms with Gasteiger partial charge in [-0.2, -0.15) is 20.8 Å². The third-order valence-corrected chi connectivity index (χ3v) is 8.38. The molecule has 1 unspecified atom stereocenters. The third-order valence-electron chi connectivity index (χ3n) is 6.81. The molecule has 53 heavy (non-hydrogen) atoms. The smallest absolute Gasteiger partial charge is 0.228 e. The Labute approximate surface area is 316 Å². The second-order valence-electron chi connectivity index (χ2n) is 10.2. The Balaban J connectivity index is 0.000000317. The highest BCUT2D eigenvalue weighted by molar-refractivity contribution is 7.99. The highest BCUT2D eigenvalue weighted by atomic mass is 32.2. The number of anilines is 2. The molecule has 5 aromatic rings. The molecule has 0 saturated carbocycles. The predicted octanol–water partition coefficient (Wildman–Crippen LogP) is 7.77. The van der Waals surface area contributed by atoms with Crippen molar-refractivity contribution in [3.05, 3.63) is 107 Å². The van der Waals surface area contributed by atoms with Gasteiger partial charge in [-0.15, -0.1) is 24.4 Å². The monoisotopic (exact) mass is 752 g/mol. The number of ether oxygens (including phenoxy) is 3. The van der Waals surface area contributed by atoms with Gasteiger partial charge in [0.1, 0.15) is 58.4 Å². The largest absolute Gasteiger partial charge is 0.508 e. The Bertz CT molecular complexity index is 2120. The molecule has 272 valence electrons. The van der Waals surface area contributed by atoms with Crippen LogP contribution in [0.3, 0.4) is 0 Å². The number of phenolic OH excluding ortho intramolecular Hbond substituents is 3. The molecule has 7 N–H and O–H groups in total. The Morgan fingerprint density at radius 3 is 1.96 bits per heavy atom. The predicted molar refractivity (Wildman–Crippen MR) is 205 cm³/mol. The van der Waals surface area contributed by atoms with E-state index in [2.05, 4.69) is 17.6 Å². The van der Waals surface area contributed by atoms with Crippen molar-refractivity contribution in [2.24, 2.45) is 0 Å². The number of aromatic hydroxyl groups is 3. The van der Waals surface area contributed by atoms with E-state index < -0.39 is 0 Å². The van der Waals surface area contributed by atoms with E-state index >= 15 is 0 Å². The second-order valence-corrected chi connectivity index (χ2v) is 11.9. The molecule has 0 radical (unpaired) electrons. The number of phenols is 3. The number of hydrogen-bond donors (Lipinski definition) is 6. The molecule has 1 aliphatic heterocycles. The lowest BCUT2D eigenvalue weighted by Gasteiger charge is -2.29. The fourth-order valence-corrected chi connectivity index (χ4v) is 5.69. The minimum absolute atomic E-state index is 0. The zero-order chi connectivity index (χ0) is 38.2. The van der Waals surface area contributed by atoms with Crippen LogP contribution >= 0.6 is 24.4 Å². The fraction of sp³-hybridized carbons (Fsp3) is 0.132. The summed E-state index contributed by atoms with van der Waals surface area (Å²) in [6.45, 7) is 0. The van der Waals surface area contributed by atoms with Gasteiger partial charge >= 0.3 is 0 Å². The molecule has 2 heterocycles. The summed E-state index contributed by atoms with van der Waals surface area (Å²) in [6.07, 6.45) is 0.523. The normalized spacial score (nSPS) is 11.3. The minimum Gasteiger partial charge on any atom is -0.508 e. The quantitative estimate of drug-likeness (QED) is 0.0742. The van der Waals surface area contributed by atoms with Gasteiger partial charge in [0, 0.05) is 27.5 Å². The van der Waals surface area contributed by atoms with Crippen molar-refractivity contribution in [3.8, 4) is 58.6 Å². The zero-order valence-electron chi connectivity index (χ0n) is 27.7. The summed E-state index contributed by atoms with van der Waals surface area (Å²) >= 11 is 5.64. The van der Waals surface area contributed by atoms with E-state index in [0.717, 1.165) is 32.9 Å². The first-order valence-corrected chi connectivity index (χ1v) is 16.2. The number of benzene rings is 4. The van der Waals surface area contributed by atoms with Crippen LogP contribution in [-0.4, -0.2) is 40.8 Å². The lowest BCUT2D eigenvalue weighted by molar-refractivity contribution is 0.112. The number of nitriles is 3. The number of thioether (sulfide) groups is 1. The number of carbonyl (C=O) groups excluding carboxylic acids is 1. The minimum atomic E-state index is -0.298. The molecular weight excluding hydrogens is 717 g/mol. The van der Waals surface area contributed by atoms with Gasteiger partial charge in [-0.1, -0.05) is 13.5 Å². The highest BCUT2D eigenvalue weighted by Crippen LogP contribution is 2.54. The van der Waals surface area contributed by atoms with Gasteiger partial charge in [0.05, 0.1) is 48.4 Å². The van der Waals surface area contributed by atoms with E-state index in [0.29, 0.717) is 17.6 Å². The first-order chi connectivity index (χ1) is 25.0. The Kier molecular flexibility index (Phi) is 16.7. The number of hydrogen-bond acceptors (Lipinski definition) is 15. The maximum Gasteiger partial charge on any atom is 0.228 e. The molecule has 0 fully saturated rings. The molecular formula is C38H36N6O7S2. The number of aromatic nitrogens is 1. The molecule has 0 saturated heterocycles. The molecule has 6 rings (SSSR count). The van der Waals surface area contributed by atoms with E-state index in [1.54, 1.807) is 38.5 Å². The van der Waals surface area contributed by atoms with Crippen molar-refractivity contribution in [2.75, 3.05) is 25.7 Å². The molecule has 1 aromatic heterocycles. The number of methoxy groups -OCH3 is 2. The highest BCUT2D eigenvalue weighted by Gasteiger charge is 2.33. The standard InChI is InChI=1S/C20H16N4O3S.C7H6O3.C7H8OS.C3H2N2.CH4/c1-26-11-3-5-12(6-4-11)28-18-13-7-2-10(25)8-15(13)27-20-16(18)17(22)14(9-21)19(23)24-20;8-4-5-1-2-6(9)3-7(5)10;1-8-6-2-4-7(9)5-3-6;4-2-1-3-5;/h2-8,18,25H,1H3,(H4,22,23,24);1-4,9-10H;2-5,9H,1H3;1H2;1H4. The molecule has 0 bridgehead atoms. The van der Waals surface area contributed by atoms with E-state index in [4.69, 9.17) is 46.4 Å². The summed E-state index contributed by atoms with van der Waals surface area (Å²) in [5, 5.41) is 51.8. The lowest BCUT2D eigenvalue weighted by Crippen LogP contribution is -2.14. The second kappa shape index (κ2) is 20.8.